The fourth-order valence-corrected chi connectivity index (χ4v) is 1.13. The molecule has 0 aliphatic rings. The summed E-state index contributed by atoms with van der Waals surface area (Å²) in [6.07, 6.45) is 0. The van der Waals surface area contributed by atoms with Crippen molar-refractivity contribution < 1.29 is 19.8 Å². The Labute approximate surface area is 86.5 Å². The lowest BCUT2D eigenvalue weighted by molar-refractivity contribution is 0.0693. The number of phenols is 1. The Balaban J connectivity index is 3.33. The van der Waals surface area contributed by atoms with E-state index in [4.69, 9.17) is 5.11 Å². The van der Waals surface area contributed by atoms with Crippen LogP contribution in [0.1, 0.15) is 27.6 Å². The van der Waals surface area contributed by atoms with Crippen LogP contribution in [0.4, 0.5) is 0 Å². The Morgan fingerprint density at radius 1 is 1.27 bits per heavy atom. The topological polar surface area (TPSA) is 74.6 Å². The van der Waals surface area contributed by atoms with E-state index in [1.165, 1.54) is 25.1 Å². The van der Waals surface area contributed by atoms with Crippen LogP contribution in [0, 0.1) is 0 Å². The molecule has 0 unspecified atom stereocenters. The van der Waals surface area contributed by atoms with Crippen molar-refractivity contribution in [2.75, 3.05) is 0 Å². The number of carboxylic acids is 1. The standard InChI is InChI=1S/C11H10O4/c1-6(2)9(12)7-4-3-5-8(10(7)13)11(14)15/h3-5,13H,1H2,2H3,(H,14,15). The fourth-order valence-electron chi connectivity index (χ4n) is 1.13. The number of aromatic carboxylic acids is 1. The van der Waals surface area contributed by atoms with Crippen LogP contribution in [0.25, 0.3) is 0 Å². The first-order chi connectivity index (χ1) is 6.95. The SMILES string of the molecule is C=C(C)C(=O)c1cccc(C(=O)O)c1O. The smallest absolute Gasteiger partial charge is 0.339 e. The molecule has 0 amide bonds. The Morgan fingerprint density at radius 2 is 1.80 bits per heavy atom. The van der Waals surface area contributed by atoms with Crippen LogP contribution < -0.4 is 0 Å². The molecule has 4 nitrogen and oxygen atoms in total. The number of carboxylic acid groups (broad SMARTS) is 1. The van der Waals surface area contributed by atoms with Crippen molar-refractivity contribution in [3.63, 3.8) is 0 Å². The van der Waals surface area contributed by atoms with E-state index in [1.54, 1.807) is 0 Å². The van der Waals surface area contributed by atoms with Crippen LogP contribution in [-0.2, 0) is 0 Å². The number of carbonyl (C=O) groups is 2. The summed E-state index contributed by atoms with van der Waals surface area (Å²) in [7, 11) is 0. The maximum atomic E-state index is 11.5. The number of hydrogen-bond acceptors (Lipinski definition) is 3. The molecule has 0 aliphatic heterocycles. The number of para-hydroxylation sites is 1. The van der Waals surface area contributed by atoms with Gasteiger partial charge in [-0.25, -0.2) is 4.79 Å². The van der Waals surface area contributed by atoms with Gasteiger partial charge in [-0.3, -0.25) is 4.79 Å². The van der Waals surface area contributed by atoms with Gasteiger partial charge in [0, 0.05) is 0 Å². The molecule has 78 valence electrons. The highest BCUT2D eigenvalue weighted by molar-refractivity contribution is 6.11. The fraction of sp³-hybridized carbons (Fsp3) is 0.0909. The van der Waals surface area contributed by atoms with E-state index in [0.717, 1.165) is 0 Å². The summed E-state index contributed by atoms with van der Waals surface area (Å²) in [5, 5.41) is 18.3. The molecule has 0 radical (unpaired) electrons. The second-order valence-electron chi connectivity index (χ2n) is 3.12. The van der Waals surface area contributed by atoms with Crippen molar-refractivity contribution in [3.8, 4) is 5.75 Å². The minimum absolute atomic E-state index is 0.0394. The van der Waals surface area contributed by atoms with Gasteiger partial charge < -0.3 is 10.2 Å². The summed E-state index contributed by atoms with van der Waals surface area (Å²) in [5.74, 6) is -2.25. The molecule has 0 saturated heterocycles. The number of aromatic hydroxyl groups is 1. The number of Topliss-reactive ketones (excluding diaryl/α,β-unsaturated/α-hetero) is 1. The van der Waals surface area contributed by atoms with Gasteiger partial charge in [0.05, 0.1) is 5.56 Å². The van der Waals surface area contributed by atoms with Crippen molar-refractivity contribution in [3.05, 3.63) is 41.5 Å². The predicted molar refractivity (Wildman–Crippen MR) is 54.2 cm³/mol. The van der Waals surface area contributed by atoms with Crippen LogP contribution >= 0.6 is 0 Å². The highest BCUT2D eigenvalue weighted by Crippen LogP contribution is 2.24. The average Bonchev–Trinajstić information content (AvgIpc) is 2.16. The molecule has 2 N–H and O–H groups in total. The highest BCUT2D eigenvalue weighted by Gasteiger charge is 2.17. The lowest BCUT2D eigenvalue weighted by atomic mass is 10.0. The molecule has 0 spiro atoms. The van der Waals surface area contributed by atoms with Crippen molar-refractivity contribution in [2.45, 2.75) is 6.92 Å². The summed E-state index contributed by atoms with van der Waals surface area (Å²) < 4.78 is 0. The molecule has 4 heteroatoms. The van der Waals surface area contributed by atoms with E-state index in [9.17, 15) is 14.7 Å². The molecule has 0 heterocycles. The zero-order valence-corrected chi connectivity index (χ0v) is 8.15. The summed E-state index contributed by atoms with van der Waals surface area (Å²) in [4.78, 5) is 22.2. The van der Waals surface area contributed by atoms with E-state index in [0.29, 0.717) is 0 Å². The molecule has 0 saturated carbocycles. The Kier molecular flexibility index (Phi) is 2.90. The molecule has 0 bridgehead atoms. The number of ketones is 1. The maximum absolute atomic E-state index is 11.5. The number of carbonyl (C=O) groups excluding carboxylic acids is 1. The van der Waals surface area contributed by atoms with Crippen LogP contribution in [-0.4, -0.2) is 22.0 Å². The molecule has 0 aliphatic carbocycles. The van der Waals surface area contributed by atoms with Crippen LogP contribution in [0.3, 0.4) is 0 Å². The Bertz CT molecular complexity index is 446. The van der Waals surface area contributed by atoms with Gasteiger partial charge in [-0.1, -0.05) is 12.6 Å². The summed E-state index contributed by atoms with van der Waals surface area (Å²) in [5.41, 5.74) is -0.0858. The zero-order chi connectivity index (χ0) is 11.6. The van der Waals surface area contributed by atoms with Gasteiger partial charge in [-0.2, -0.15) is 0 Å². The zero-order valence-electron chi connectivity index (χ0n) is 8.15. The van der Waals surface area contributed by atoms with Gasteiger partial charge in [0.1, 0.15) is 11.3 Å². The molecule has 1 aromatic rings. The second kappa shape index (κ2) is 3.96. The molecule has 1 rings (SSSR count). The quantitative estimate of drug-likeness (QED) is 0.584. The van der Waals surface area contributed by atoms with Crippen LogP contribution in [0.15, 0.2) is 30.4 Å². The number of rotatable bonds is 3. The highest BCUT2D eigenvalue weighted by atomic mass is 16.4. The number of allylic oxidation sites excluding steroid dienone is 1. The van der Waals surface area contributed by atoms with Crippen LogP contribution in [0.2, 0.25) is 0 Å². The van der Waals surface area contributed by atoms with Crippen molar-refractivity contribution in [1.29, 1.82) is 0 Å². The van der Waals surface area contributed by atoms with Crippen LogP contribution in [0.5, 0.6) is 5.75 Å². The molecule has 15 heavy (non-hydrogen) atoms. The largest absolute Gasteiger partial charge is 0.506 e. The van der Waals surface area contributed by atoms with Gasteiger partial charge in [0.25, 0.3) is 0 Å². The lowest BCUT2D eigenvalue weighted by Crippen LogP contribution is -2.04. The van der Waals surface area contributed by atoms with Gasteiger partial charge >= 0.3 is 5.97 Å². The van der Waals surface area contributed by atoms with E-state index in [2.05, 4.69) is 6.58 Å². The summed E-state index contributed by atoms with van der Waals surface area (Å²) in [6.45, 7) is 4.93. The maximum Gasteiger partial charge on any atom is 0.339 e. The third-order valence-electron chi connectivity index (χ3n) is 1.90. The first kappa shape index (κ1) is 11.0. The molecular formula is C11H10O4. The van der Waals surface area contributed by atoms with E-state index >= 15 is 0 Å². The monoisotopic (exact) mass is 206 g/mol. The number of hydrogen-bond donors (Lipinski definition) is 2. The first-order valence-electron chi connectivity index (χ1n) is 4.20. The van der Waals surface area contributed by atoms with Crippen molar-refractivity contribution in [1.82, 2.24) is 0 Å². The van der Waals surface area contributed by atoms with E-state index in [-0.39, 0.29) is 16.7 Å². The van der Waals surface area contributed by atoms with E-state index in [1.807, 2.05) is 0 Å². The van der Waals surface area contributed by atoms with E-state index < -0.39 is 17.5 Å². The van der Waals surface area contributed by atoms with Gasteiger partial charge in [-0.05, 0) is 24.6 Å². The van der Waals surface area contributed by atoms with Crippen molar-refractivity contribution >= 4 is 11.8 Å². The van der Waals surface area contributed by atoms with Gasteiger partial charge in [0.15, 0.2) is 5.78 Å². The third kappa shape index (κ3) is 2.04. The minimum atomic E-state index is -1.27. The molecule has 0 atom stereocenters. The molecule has 0 fully saturated rings. The summed E-state index contributed by atoms with van der Waals surface area (Å²) in [6, 6.07) is 3.99. The Morgan fingerprint density at radius 3 is 2.27 bits per heavy atom. The van der Waals surface area contributed by atoms with Crippen molar-refractivity contribution in [2.24, 2.45) is 0 Å². The molecule has 0 aromatic heterocycles. The van der Waals surface area contributed by atoms with Gasteiger partial charge in [0.2, 0.25) is 0 Å². The second-order valence-corrected chi connectivity index (χ2v) is 3.12. The average molecular weight is 206 g/mol. The van der Waals surface area contributed by atoms with Gasteiger partial charge in [-0.15, -0.1) is 0 Å². The lowest BCUT2D eigenvalue weighted by Gasteiger charge is -2.05. The predicted octanol–water partition coefficient (Wildman–Crippen LogP) is 1.85. The minimum Gasteiger partial charge on any atom is -0.506 e. The molecule has 1 aromatic carbocycles. The first-order valence-corrected chi connectivity index (χ1v) is 4.20. The summed E-state index contributed by atoms with van der Waals surface area (Å²) >= 11 is 0. The third-order valence-corrected chi connectivity index (χ3v) is 1.90. The normalized spacial score (nSPS) is 9.67. The number of benzene rings is 1. The Hall–Kier alpha value is -2.10. The molecular weight excluding hydrogens is 196 g/mol.